The molecule has 0 fully saturated rings. The third kappa shape index (κ3) is 3.11. The van der Waals surface area contributed by atoms with Crippen molar-refractivity contribution in [2.24, 2.45) is 10.7 Å². The molecule has 0 radical (unpaired) electrons. The van der Waals surface area contributed by atoms with Gasteiger partial charge in [-0.15, -0.1) is 0 Å². The summed E-state index contributed by atoms with van der Waals surface area (Å²) in [6, 6.07) is 4.56. The van der Waals surface area contributed by atoms with Gasteiger partial charge in [-0.1, -0.05) is 6.42 Å². The molecule has 3 nitrogen and oxygen atoms in total. The highest BCUT2D eigenvalue weighted by Gasteiger charge is 2.11. The summed E-state index contributed by atoms with van der Waals surface area (Å²) in [4.78, 5) is 4.56. The van der Waals surface area contributed by atoms with E-state index in [4.69, 9.17) is 5.73 Å². The molecule has 2 heterocycles. The van der Waals surface area contributed by atoms with E-state index in [1.54, 1.807) is 0 Å². The number of aryl methyl sites for hydroxylation is 1. The van der Waals surface area contributed by atoms with Crippen molar-refractivity contribution < 1.29 is 0 Å². The number of rotatable bonds is 3. The molecule has 0 aliphatic carbocycles. The fourth-order valence-corrected chi connectivity index (χ4v) is 2.08. The van der Waals surface area contributed by atoms with Crippen molar-refractivity contribution in [3.05, 3.63) is 24.5 Å². The van der Waals surface area contributed by atoms with E-state index in [0.29, 0.717) is 6.04 Å². The molecule has 82 valence electrons. The lowest BCUT2D eigenvalue weighted by Gasteiger charge is -2.11. The molecule has 2 N–H and O–H groups in total. The zero-order valence-corrected chi connectivity index (χ0v) is 9.10. The second-order valence-corrected chi connectivity index (χ2v) is 4.23. The first-order chi connectivity index (χ1) is 7.34. The quantitative estimate of drug-likeness (QED) is 0.807. The van der Waals surface area contributed by atoms with Crippen LogP contribution in [0.5, 0.6) is 0 Å². The van der Waals surface area contributed by atoms with Gasteiger partial charge in [-0.2, -0.15) is 0 Å². The standard InChI is InChI=1S/C12H19N3/c13-12-6-2-1-5-11(14-12)7-10-15-8-3-4-9-15/h3-4,8-9,11H,1-2,5-7,10H2,(H2,13,14). The van der Waals surface area contributed by atoms with Crippen LogP contribution in [0.1, 0.15) is 32.1 Å². The number of aromatic nitrogens is 1. The van der Waals surface area contributed by atoms with Crippen molar-refractivity contribution in [2.75, 3.05) is 0 Å². The van der Waals surface area contributed by atoms with Crippen LogP contribution >= 0.6 is 0 Å². The SMILES string of the molecule is NC1=NC(CCn2cccc2)CCCC1. The third-order valence-corrected chi connectivity index (χ3v) is 2.96. The van der Waals surface area contributed by atoms with Gasteiger partial charge in [-0.3, -0.25) is 4.99 Å². The van der Waals surface area contributed by atoms with Crippen LogP contribution in [0.2, 0.25) is 0 Å². The molecule has 3 heteroatoms. The van der Waals surface area contributed by atoms with Crippen LogP contribution in [-0.2, 0) is 6.54 Å². The first kappa shape index (κ1) is 10.3. The topological polar surface area (TPSA) is 43.3 Å². The summed E-state index contributed by atoms with van der Waals surface area (Å²) in [5.74, 6) is 0.852. The van der Waals surface area contributed by atoms with Crippen molar-refractivity contribution in [3.8, 4) is 0 Å². The van der Waals surface area contributed by atoms with Crippen LogP contribution < -0.4 is 5.73 Å². The monoisotopic (exact) mass is 205 g/mol. The van der Waals surface area contributed by atoms with Gasteiger partial charge in [0.25, 0.3) is 0 Å². The molecule has 0 bridgehead atoms. The molecule has 0 saturated heterocycles. The predicted molar refractivity (Wildman–Crippen MR) is 62.9 cm³/mol. The molecule has 1 aliphatic heterocycles. The average Bonchev–Trinajstić information content (AvgIpc) is 2.65. The van der Waals surface area contributed by atoms with E-state index < -0.39 is 0 Å². The summed E-state index contributed by atoms with van der Waals surface area (Å²) < 4.78 is 2.20. The van der Waals surface area contributed by atoms with Crippen LogP contribution in [0.15, 0.2) is 29.5 Å². The van der Waals surface area contributed by atoms with Gasteiger partial charge in [0, 0.05) is 25.4 Å². The summed E-state index contributed by atoms with van der Waals surface area (Å²) in [5.41, 5.74) is 5.82. The van der Waals surface area contributed by atoms with Gasteiger partial charge in [-0.25, -0.2) is 0 Å². The molecule has 0 amide bonds. The summed E-state index contributed by atoms with van der Waals surface area (Å²) in [6.45, 7) is 1.05. The molecule has 1 aromatic heterocycles. The van der Waals surface area contributed by atoms with Crippen LogP contribution in [-0.4, -0.2) is 16.4 Å². The number of nitrogens with zero attached hydrogens (tertiary/aromatic N) is 2. The first-order valence-electron chi connectivity index (χ1n) is 5.77. The molecule has 1 unspecified atom stereocenters. The van der Waals surface area contributed by atoms with Gasteiger partial charge in [0.05, 0.1) is 11.9 Å². The molecular formula is C12H19N3. The van der Waals surface area contributed by atoms with Crippen molar-refractivity contribution in [3.63, 3.8) is 0 Å². The molecule has 15 heavy (non-hydrogen) atoms. The minimum absolute atomic E-state index is 0.440. The van der Waals surface area contributed by atoms with Crippen molar-refractivity contribution in [1.29, 1.82) is 0 Å². The van der Waals surface area contributed by atoms with Gasteiger partial charge >= 0.3 is 0 Å². The summed E-state index contributed by atoms with van der Waals surface area (Å²) in [5, 5.41) is 0. The van der Waals surface area contributed by atoms with Crippen LogP contribution in [0, 0.1) is 0 Å². The number of hydrogen-bond acceptors (Lipinski definition) is 2. The molecule has 1 atom stereocenters. The Labute approximate surface area is 91.0 Å². The van der Waals surface area contributed by atoms with Gasteiger partial charge in [0.2, 0.25) is 0 Å². The highest BCUT2D eigenvalue weighted by atomic mass is 14.9. The zero-order chi connectivity index (χ0) is 10.5. The summed E-state index contributed by atoms with van der Waals surface area (Å²) in [7, 11) is 0. The largest absolute Gasteiger partial charge is 0.387 e. The fourth-order valence-electron chi connectivity index (χ4n) is 2.08. The maximum atomic E-state index is 5.82. The van der Waals surface area contributed by atoms with E-state index in [1.165, 1.54) is 19.3 Å². The highest BCUT2D eigenvalue weighted by molar-refractivity contribution is 5.80. The van der Waals surface area contributed by atoms with Crippen LogP contribution in [0.4, 0.5) is 0 Å². The molecule has 0 aromatic carbocycles. The Morgan fingerprint density at radius 3 is 2.93 bits per heavy atom. The molecule has 2 rings (SSSR count). The maximum Gasteiger partial charge on any atom is 0.0940 e. The molecular weight excluding hydrogens is 186 g/mol. The van der Waals surface area contributed by atoms with Gasteiger partial charge < -0.3 is 10.3 Å². The first-order valence-corrected chi connectivity index (χ1v) is 5.77. The van der Waals surface area contributed by atoms with Crippen molar-refractivity contribution in [2.45, 2.75) is 44.7 Å². The van der Waals surface area contributed by atoms with E-state index in [-0.39, 0.29) is 0 Å². The lowest BCUT2D eigenvalue weighted by Crippen LogP contribution is -2.15. The summed E-state index contributed by atoms with van der Waals surface area (Å²) >= 11 is 0. The Balaban J connectivity index is 1.85. The number of aliphatic imine (C=N–C) groups is 1. The zero-order valence-electron chi connectivity index (χ0n) is 9.10. The van der Waals surface area contributed by atoms with E-state index in [1.807, 2.05) is 0 Å². The number of amidine groups is 1. The molecule has 1 aliphatic rings. The Kier molecular flexibility index (Phi) is 3.43. The highest BCUT2D eigenvalue weighted by Crippen LogP contribution is 2.15. The van der Waals surface area contributed by atoms with Crippen molar-refractivity contribution in [1.82, 2.24) is 4.57 Å². The fraction of sp³-hybridized carbons (Fsp3) is 0.583. The second-order valence-electron chi connectivity index (χ2n) is 4.23. The Morgan fingerprint density at radius 1 is 1.33 bits per heavy atom. The van der Waals surface area contributed by atoms with Gasteiger partial charge in [0.1, 0.15) is 0 Å². The number of hydrogen-bond donors (Lipinski definition) is 1. The third-order valence-electron chi connectivity index (χ3n) is 2.96. The van der Waals surface area contributed by atoms with Gasteiger partial charge in [0.15, 0.2) is 0 Å². The van der Waals surface area contributed by atoms with E-state index in [2.05, 4.69) is 34.1 Å². The van der Waals surface area contributed by atoms with Crippen molar-refractivity contribution >= 4 is 5.84 Å². The predicted octanol–water partition coefficient (Wildman–Crippen LogP) is 2.18. The average molecular weight is 205 g/mol. The van der Waals surface area contributed by atoms with E-state index in [9.17, 15) is 0 Å². The van der Waals surface area contributed by atoms with Crippen LogP contribution in [0.25, 0.3) is 0 Å². The Morgan fingerprint density at radius 2 is 2.13 bits per heavy atom. The number of nitrogens with two attached hydrogens (primary N) is 1. The molecule has 0 spiro atoms. The smallest absolute Gasteiger partial charge is 0.0940 e. The Bertz CT molecular complexity index is 314. The van der Waals surface area contributed by atoms with E-state index in [0.717, 1.165) is 25.2 Å². The summed E-state index contributed by atoms with van der Waals surface area (Å²) in [6.07, 6.45) is 9.96. The van der Waals surface area contributed by atoms with E-state index >= 15 is 0 Å². The lowest BCUT2D eigenvalue weighted by atomic mass is 10.1. The minimum atomic E-state index is 0.440. The minimum Gasteiger partial charge on any atom is -0.387 e. The second kappa shape index (κ2) is 5.01. The molecule has 1 aromatic rings. The Hall–Kier alpha value is -1.25. The normalized spacial score (nSPS) is 22.1. The maximum absolute atomic E-state index is 5.82. The molecule has 0 saturated carbocycles. The van der Waals surface area contributed by atoms with Gasteiger partial charge in [-0.05, 0) is 31.4 Å². The lowest BCUT2D eigenvalue weighted by molar-refractivity contribution is 0.507. The van der Waals surface area contributed by atoms with Crippen LogP contribution in [0.3, 0.4) is 0 Å².